The van der Waals surface area contributed by atoms with E-state index in [1.807, 2.05) is 77.9 Å². The van der Waals surface area contributed by atoms with Crippen molar-refractivity contribution in [3.8, 4) is 17.2 Å². The zero-order valence-corrected chi connectivity index (χ0v) is 20.6. The molecule has 3 aromatic carbocycles. The molecule has 0 amide bonds. The van der Waals surface area contributed by atoms with Crippen molar-refractivity contribution in [2.75, 3.05) is 7.11 Å². The Balaban J connectivity index is 2.32. The lowest BCUT2D eigenvalue weighted by atomic mass is 9.75. The van der Waals surface area contributed by atoms with E-state index in [1.54, 1.807) is 25.3 Å². The van der Waals surface area contributed by atoms with E-state index in [2.05, 4.69) is 0 Å². The summed E-state index contributed by atoms with van der Waals surface area (Å²) >= 11 is 0. The highest BCUT2D eigenvalue weighted by Gasteiger charge is 2.32. The Morgan fingerprint density at radius 3 is 1.76 bits per heavy atom. The lowest BCUT2D eigenvalue weighted by Gasteiger charge is -2.30. The molecule has 1 atom stereocenters. The van der Waals surface area contributed by atoms with Gasteiger partial charge in [0.1, 0.15) is 17.2 Å². The topological polar surface area (TPSA) is 66.8 Å². The number of aromatic hydroxyl groups is 2. The zero-order valence-electron chi connectivity index (χ0n) is 20.6. The number of methoxy groups -OCH3 is 1. The van der Waals surface area contributed by atoms with E-state index in [0.717, 1.165) is 22.3 Å². The van der Waals surface area contributed by atoms with Crippen molar-refractivity contribution in [1.82, 2.24) is 0 Å². The van der Waals surface area contributed by atoms with Crippen molar-refractivity contribution < 1.29 is 19.7 Å². The Bertz CT molecular complexity index is 1110. The molecule has 0 radical (unpaired) electrons. The van der Waals surface area contributed by atoms with Crippen molar-refractivity contribution in [2.45, 2.75) is 58.3 Å². The van der Waals surface area contributed by atoms with Crippen LogP contribution < -0.4 is 4.74 Å². The second kappa shape index (κ2) is 8.93. The fraction of sp³-hybridized carbons (Fsp3) is 0.345. The van der Waals surface area contributed by atoms with Gasteiger partial charge in [-0.1, -0.05) is 77.9 Å². The third-order valence-corrected chi connectivity index (χ3v) is 5.96. The molecule has 4 heteroatoms. The van der Waals surface area contributed by atoms with Gasteiger partial charge in [0.15, 0.2) is 5.78 Å². The molecule has 0 aliphatic heterocycles. The molecule has 174 valence electrons. The summed E-state index contributed by atoms with van der Waals surface area (Å²) in [5.41, 5.74) is 2.74. The maximum absolute atomic E-state index is 13.9. The van der Waals surface area contributed by atoms with Gasteiger partial charge in [-0.2, -0.15) is 0 Å². The third kappa shape index (κ3) is 5.05. The number of carbonyl (C=O) groups excluding carboxylic acids is 1. The van der Waals surface area contributed by atoms with Crippen LogP contribution in [-0.2, 0) is 10.8 Å². The van der Waals surface area contributed by atoms with E-state index < -0.39 is 5.92 Å². The highest BCUT2D eigenvalue weighted by molar-refractivity contribution is 6.05. The molecule has 0 heterocycles. The number of ether oxygens (including phenoxy) is 1. The Morgan fingerprint density at radius 1 is 0.788 bits per heavy atom. The molecule has 0 saturated carbocycles. The first-order chi connectivity index (χ1) is 15.3. The van der Waals surface area contributed by atoms with Crippen LogP contribution in [0.15, 0.2) is 60.7 Å². The van der Waals surface area contributed by atoms with Gasteiger partial charge in [-0.05, 0) is 57.3 Å². The van der Waals surface area contributed by atoms with Crippen LogP contribution in [0.25, 0.3) is 0 Å². The first-order valence-corrected chi connectivity index (χ1v) is 11.2. The van der Waals surface area contributed by atoms with E-state index in [0.29, 0.717) is 5.75 Å². The minimum atomic E-state index is -0.660. The van der Waals surface area contributed by atoms with Gasteiger partial charge in [0.2, 0.25) is 0 Å². The summed E-state index contributed by atoms with van der Waals surface area (Å²) in [4.78, 5) is 13.9. The molecule has 0 fully saturated rings. The Labute approximate surface area is 196 Å². The summed E-state index contributed by atoms with van der Waals surface area (Å²) in [6.45, 7) is 12.3. The summed E-state index contributed by atoms with van der Waals surface area (Å²) in [5.74, 6) is 0.0498. The minimum absolute atomic E-state index is 0.0492. The number of benzene rings is 3. The summed E-state index contributed by atoms with van der Waals surface area (Å²) < 4.78 is 5.30. The average Bonchev–Trinajstić information content (AvgIpc) is 2.74. The van der Waals surface area contributed by atoms with Crippen LogP contribution in [0.4, 0.5) is 0 Å². The predicted molar refractivity (Wildman–Crippen MR) is 133 cm³/mol. The Morgan fingerprint density at radius 2 is 1.30 bits per heavy atom. The van der Waals surface area contributed by atoms with E-state index >= 15 is 0 Å². The van der Waals surface area contributed by atoms with E-state index in [-0.39, 0.29) is 33.7 Å². The van der Waals surface area contributed by atoms with Gasteiger partial charge in [-0.3, -0.25) is 4.79 Å². The first-order valence-electron chi connectivity index (χ1n) is 11.2. The van der Waals surface area contributed by atoms with Gasteiger partial charge in [0.25, 0.3) is 0 Å². The van der Waals surface area contributed by atoms with Crippen LogP contribution >= 0.6 is 0 Å². The highest BCUT2D eigenvalue weighted by atomic mass is 16.5. The molecule has 1 unspecified atom stereocenters. The monoisotopic (exact) mass is 446 g/mol. The number of para-hydroxylation sites is 1. The molecule has 0 aliphatic rings. The molecule has 4 nitrogen and oxygen atoms in total. The van der Waals surface area contributed by atoms with E-state index in [1.165, 1.54) is 6.07 Å². The van der Waals surface area contributed by atoms with E-state index in [4.69, 9.17) is 4.74 Å². The van der Waals surface area contributed by atoms with Crippen molar-refractivity contribution in [3.05, 3.63) is 88.5 Å². The molecular weight excluding hydrogens is 412 g/mol. The second-order valence-corrected chi connectivity index (χ2v) is 10.6. The third-order valence-electron chi connectivity index (χ3n) is 5.96. The fourth-order valence-corrected chi connectivity index (χ4v) is 4.10. The first kappa shape index (κ1) is 24.4. The molecule has 0 aliphatic carbocycles. The summed E-state index contributed by atoms with van der Waals surface area (Å²) in [6.07, 6.45) is 0. The SMILES string of the molecule is COc1ccc(C(C(=O)c2ccccc2O)c2cc(C(C)(C)C)c(O)c(C(C)(C)C)c2)cc1. The van der Waals surface area contributed by atoms with Gasteiger partial charge in [0.05, 0.1) is 18.6 Å². The quantitative estimate of drug-likeness (QED) is 0.427. The van der Waals surface area contributed by atoms with Crippen LogP contribution in [0.3, 0.4) is 0 Å². The molecule has 0 aromatic heterocycles. The Kier molecular flexibility index (Phi) is 6.60. The largest absolute Gasteiger partial charge is 0.507 e. The van der Waals surface area contributed by atoms with Gasteiger partial charge < -0.3 is 14.9 Å². The number of phenols is 2. The standard InChI is InChI=1S/C29H34O4/c1-28(2,3)22-16-19(17-23(27(22)32)29(4,5)6)25(18-12-14-20(33-7)15-13-18)26(31)21-10-8-9-11-24(21)30/h8-17,25,30,32H,1-7H3. The molecule has 0 spiro atoms. The molecule has 3 aromatic rings. The van der Waals surface area contributed by atoms with Crippen molar-refractivity contribution in [2.24, 2.45) is 0 Å². The van der Waals surface area contributed by atoms with Crippen molar-refractivity contribution in [3.63, 3.8) is 0 Å². The predicted octanol–water partition coefficient (Wildman–Crippen LogP) is 6.72. The minimum Gasteiger partial charge on any atom is -0.507 e. The maximum Gasteiger partial charge on any atom is 0.178 e. The lowest BCUT2D eigenvalue weighted by Crippen LogP contribution is -2.21. The smallest absolute Gasteiger partial charge is 0.178 e. The number of Topliss-reactive ketones (excluding diaryl/α,β-unsaturated/α-hetero) is 1. The second-order valence-electron chi connectivity index (χ2n) is 10.6. The highest BCUT2D eigenvalue weighted by Crippen LogP contribution is 2.43. The van der Waals surface area contributed by atoms with Crippen LogP contribution in [0.5, 0.6) is 17.2 Å². The lowest BCUT2D eigenvalue weighted by molar-refractivity contribution is 0.0971. The zero-order chi connectivity index (χ0) is 24.6. The summed E-state index contributed by atoms with van der Waals surface area (Å²) in [7, 11) is 1.60. The van der Waals surface area contributed by atoms with Gasteiger partial charge >= 0.3 is 0 Å². The molecule has 3 rings (SSSR count). The average molecular weight is 447 g/mol. The summed E-state index contributed by atoms with van der Waals surface area (Å²) in [5, 5.41) is 21.6. The molecule has 2 N–H and O–H groups in total. The van der Waals surface area contributed by atoms with Crippen LogP contribution in [0, 0.1) is 0 Å². The Hall–Kier alpha value is -3.27. The number of carbonyl (C=O) groups is 1. The molecule has 0 bridgehead atoms. The molecule has 33 heavy (non-hydrogen) atoms. The number of hydrogen-bond donors (Lipinski definition) is 2. The fourth-order valence-electron chi connectivity index (χ4n) is 4.10. The maximum atomic E-state index is 13.9. The van der Waals surface area contributed by atoms with Crippen LogP contribution in [0.2, 0.25) is 0 Å². The molecule has 0 saturated heterocycles. The van der Waals surface area contributed by atoms with Crippen molar-refractivity contribution in [1.29, 1.82) is 0 Å². The van der Waals surface area contributed by atoms with Crippen LogP contribution in [0.1, 0.15) is 80.1 Å². The van der Waals surface area contributed by atoms with Gasteiger partial charge in [-0.25, -0.2) is 0 Å². The number of hydrogen-bond acceptors (Lipinski definition) is 4. The van der Waals surface area contributed by atoms with Gasteiger partial charge in [-0.15, -0.1) is 0 Å². The van der Waals surface area contributed by atoms with Gasteiger partial charge in [0, 0.05) is 0 Å². The summed E-state index contributed by atoms with van der Waals surface area (Å²) in [6, 6.07) is 17.9. The van der Waals surface area contributed by atoms with Crippen LogP contribution in [-0.4, -0.2) is 23.1 Å². The number of phenolic OH excluding ortho intramolecular Hbond substituents is 2. The number of ketones is 1. The van der Waals surface area contributed by atoms with E-state index in [9.17, 15) is 15.0 Å². The number of rotatable bonds is 5. The molecular formula is C29H34O4. The normalized spacial score (nSPS) is 12.9. The van der Waals surface area contributed by atoms with Crippen molar-refractivity contribution >= 4 is 5.78 Å².